The van der Waals surface area contributed by atoms with Crippen LogP contribution < -0.4 is 5.32 Å². The Balaban J connectivity index is 1.54. The fourth-order valence-corrected chi connectivity index (χ4v) is 3.67. The summed E-state index contributed by atoms with van der Waals surface area (Å²) in [6.07, 6.45) is 0.630. The largest absolute Gasteiger partial charge is 0.352 e. The van der Waals surface area contributed by atoms with Crippen LogP contribution in [0.2, 0.25) is 0 Å². The topological polar surface area (TPSA) is 67.2 Å². The third-order valence-corrected chi connectivity index (χ3v) is 5.63. The van der Waals surface area contributed by atoms with E-state index >= 15 is 0 Å². The molecule has 3 rings (SSSR count). The van der Waals surface area contributed by atoms with Crippen molar-refractivity contribution in [3.05, 3.63) is 82.2 Å². The number of aromatic nitrogens is 2. The Morgan fingerprint density at radius 3 is 2.52 bits per heavy atom. The highest BCUT2D eigenvalue weighted by atomic mass is 19.1. The number of nitrogens with one attached hydrogen (secondary N) is 1. The fourth-order valence-electron chi connectivity index (χ4n) is 3.67. The molecule has 8 heteroatoms. The molecule has 1 N–H and O–H groups in total. The van der Waals surface area contributed by atoms with Crippen LogP contribution in [0.3, 0.4) is 0 Å². The highest BCUT2D eigenvalue weighted by Gasteiger charge is 2.18. The van der Waals surface area contributed by atoms with Crippen molar-refractivity contribution in [1.29, 1.82) is 0 Å². The molecule has 0 unspecified atom stereocenters. The average molecular weight is 455 g/mol. The number of hydrogen-bond acceptors (Lipinski definition) is 3. The third kappa shape index (κ3) is 5.63. The van der Waals surface area contributed by atoms with E-state index in [2.05, 4.69) is 10.4 Å². The van der Waals surface area contributed by atoms with Gasteiger partial charge in [-0.3, -0.25) is 9.59 Å². The predicted octanol–water partition coefficient (Wildman–Crippen LogP) is 4.24. The Morgan fingerprint density at radius 1 is 1.09 bits per heavy atom. The first kappa shape index (κ1) is 24.1. The lowest BCUT2D eigenvalue weighted by atomic mass is 10.1. The van der Waals surface area contributed by atoms with Crippen molar-refractivity contribution in [3.8, 4) is 5.69 Å². The van der Waals surface area contributed by atoms with Crippen molar-refractivity contribution < 1.29 is 18.4 Å². The van der Waals surface area contributed by atoms with Crippen LogP contribution in [-0.2, 0) is 11.3 Å². The molecule has 0 saturated heterocycles. The van der Waals surface area contributed by atoms with Gasteiger partial charge in [0, 0.05) is 43.9 Å². The van der Waals surface area contributed by atoms with Crippen molar-refractivity contribution in [2.75, 3.05) is 13.6 Å². The summed E-state index contributed by atoms with van der Waals surface area (Å²) in [5.74, 6) is -2.37. The number of para-hydroxylation sites is 1. The van der Waals surface area contributed by atoms with Gasteiger partial charge in [0.1, 0.15) is 11.6 Å². The number of aryl methyl sites for hydroxylation is 2. The summed E-state index contributed by atoms with van der Waals surface area (Å²) < 4.78 is 28.6. The third-order valence-electron chi connectivity index (χ3n) is 5.63. The van der Waals surface area contributed by atoms with Crippen molar-refractivity contribution in [2.45, 2.75) is 40.2 Å². The van der Waals surface area contributed by atoms with Crippen molar-refractivity contribution in [3.63, 3.8) is 0 Å². The quantitative estimate of drug-likeness (QED) is 0.518. The van der Waals surface area contributed by atoms with E-state index < -0.39 is 17.5 Å². The Hall–Kier alpha value is -3.55. The van der Waals surface area contributed by atoms with Crippen molar-refractivity contribution in [1.82, 2.24) is 20.0 Å². The maximum Gasteiger partial charge on any atom is 0.254 e. The number of nitrogens with zero attached hydrogens (tertiary/aromatic N) is 3. The average Bonchev–Trinajstić information content (AvgIpc) is 3.04. The smallest absolute Gasteiger partial charge is 0.254 e. The lowest BCUT2D eigenvalue weighted by Gasteiger charge is -2.18. The maximum absolute atomic E-state index is 13.7. The molecule has 0 aliphatic heterocycles. The second-order valence-corrected chi connectivity index (χ2v) is 8.08. The van der Waals surface area contributed by atoms with E-state index in [1.165, 1.54) is 0 Å². The Bertz CT molecular complexity index is 1170. The molecule has 0 aliphatic rings. The monoisotopic (exact) mass is 454 g/mol. The van der Waals surface area contributed by atoms with E-state index in [4.69, 9.17) is 0 Å². The van der Waals surface area contributed by atoms with Gasteiger partial charge in [-0.05, 0) is 51.0 Å². The van der Waals surface area contributed by atoms with E-state index in [-0.39, 0.29) is 24.4 Å². The number of halogens is 2. The lowest BCUT2D eigenvalue weighted by Crippen LogP contribution is -2.29. The first-order valence-corrected chi connectivity index (χ1v) is 10.8. The molecule has 2 aromatic carbocycles. The number of carbonyl (C=O) groups is 2. The molecule has 1 heterocycles. The highest BCUT2D eigenvalue weighted by molar-refractivity contribution is 5.94. The van der Waals surface area contributed by atoms with Crippen LogP contribution in [0, 0.1) is 32.4 Å². The van der Waals surface area contributed by atoms with Crippen LogP contribution in [0.4, 0.5) is 8.78 Å². The molecule has 3 aromatic rings. The summed E-state index contributed by atoms with van der Waals surface area (Å²) in [6.45, 7) is 6.59. The molecular formula is C25H28F2N4O2. The Kier molecular flexibility index (Phi) is 7.58. The van der Waals surface area contributed by atoms with Crippen molar-refractivity contribution in [2.24, 2.45) is 0 Å². The zero-order chi connectivity index (χ0) is 24.1. The van der Waals surface area contributed by atoms with Crippen molar-refractivity contribution >= 4 is 11.8 Å². The highest BCUT2D eigenvalue weighted by Crippen LogP contribution is 2.21. The van der Waals surface area contributed by atoms with Crippen LogP contribution in [0.5, 0.6) is 0 Å². The summed E-state index contributed by atoms with van der Waals surface area (Å²) in [6, 6.07) is 10.8. The molecule has 0 spiro atoms. The van der Waals surface area contributed by atoms with Gasteiger partial charge in [0.05, 0.1) is 16.9 Å². The predicted molar refractivity (Wildman–Crippen MR) is 122 cm³/mol. The van der Waals surface area contributed by atoms with Gasteiger partial charge < -0.3 is 10.2 Å². The van der Waals surface area contributed by atoms with Crippen LogP contribution in [0.25, 0.3) is 5.69 Å². The fraction of sp³-hybridized carbons (Fsp3) is 0.320. The number of carbonyl (C=O) groups excluding carboxylic acids is 2. The minimum atomic E-state index is -0.916. The summed E-state index contributed by atoms with van der Waals surface area (Å²) in [5, 5.41) is 7.23. The van der Waals surface area contributed by atoms with Gasteiger partial charge in [0.25, 0.3) is 5.91 Å². The SMILES string of the molecule is Cc1ccccc1-n1nc(C)c(CN(C)C(=O)CCCNC(=O)c2ccc(F)cc2F)c1C. The summed E-state index contributed by atoms with van der Waals surface area (Å²) in [4.78, 5) is 26.3. The zero-order valence-corrected chi connectivity index (χ0v) is 19.3. The van der Waals surface area contributed by atoms with Crippen LogP contribution in [0.1, 0.15) is 45.7 Å². The Labute approximate surface area is 192 Å². The maximum atomic E-state index is 13.7. The number of hydrogen-bond donors (Lipinski definition) is 1. The molecule has 0 atom stereocenters. The molecule has 0 saturated carbocycles. The van der Waals surface area contributed by atoms with Gasteiger partial charge in [0.2, 0.25) is 5.91 Å². The normalized spacial score (nSPS) is 10.8. The molecule has 174 valence electrons. The van der Waals surface area contributed by atoms with Crippen LogP contribution >= 0.6 is 0 Å². The molecule has 2 amide bonds. The van der Waals surface area contributed by atoms with Gasteiger partial charge in [-0.25, -0.2) is 13.5 Å². The molecular weight excluding hydrogens is 426 g/mol. The van der Waals surface area contributed by atoms with Gasteiger partial charge in [-0.15, -0.1) is 0 Å². The summed E-state index contributed by atoms with van der Waals surface area (Å²) >= 11 is 0. The number of amides is 2. The van der Waals surface area contributed by atoms with Gasteiger partial charge in [0.15, 0.2) is 0 Å². The second-order valence-electron chi connectivity index (χ2n) is 8.08. The molecule has 0 fully saturated rings. The van der Waals surface area contributed by atoms with E-state index in [0.29, 0.717) is 19.0 Å². The summed E-state index contributed by atoms with van der Waals surface area (Å²) in [7, 11) is 1.73. The minimum Gasteiger partial charge on any atom is -0.352 e. The van der Waals surface area contributed by atoms with Gasteiger partial charge in [-0.1, -0.05) is 18.2 Å². The molecule has 0 aliphatic carbocycles. The first-order chi connectivity index (χ1) is 15.7. The second kappa shape index (κ2) is 10.4. The van der Waals surface area contributed by atoms with Crippen LogP contribution in [-0.4, -0.2) is 40.1 Å². The van der Waals surface area contributed by atoms with Gasteiger partial charge >= 0.3 is 0 Å². The van der Waals surface area contributed by atoms with E-state index in [9.17, 15) is 18.4 Å². The lowest BCUT2D eigenvalue weighted by molar-refractivity contribution is -0.130. The standard InChI is InChI=1S/C25H28F2N4O2/c1-16-8-5-6-9-23(16)31-18(3)21(17(2)29-31)15-30(4)24(32)10-7-13-28-25(33)20-12-11-19(26)14-22(20)27/h5-6,8-9,11-12,14H,7,10,13,15H2,1-4H3,(H,28,33). The number of rotatable bonds is 8. The zero-order valence-electron chi connectivity index (χ0n) is 19.3. The van der Waals surface area contributed by atoms with E-state index in [0.717, 1.165) is 40.3 Å². The van der Waals surface area contributed by atoms with Crippen LogP contribution in [0.15, 0.2) is 42.5 Å². The van der Waals surface area contributed by atoms with E-state index in [1.54, 1.807) is 11.9 Å². The first-order valence-electron chi connectivity index (χ1n) is 10.8. The Morgan fingerprint density at radius 2 is 1.82 bits per heavy atom. The molecule has 0 bridgehead atoms. The molecule has 1 aromatic heterocycles. The van der Waals surface area contributed by atoms with Gasteiger partial charge in [-0.2, -0.15) is 5.10 Å². The molecule has 6 nitrogen and oxygen atoms in total. The number of benzene rings is 2. The minimum absolute atomic E-state index is 0.0698. The molecule has 33 heavy (non-hydrogen) atoms. The molecule has 0 radical (unpaired) electrons. The van der Waals surface area contributed by atoms with E-state index in [1.807, 2.05) is 49.7 Å². The summed E-state index contributed by atoms with van der Waals surface area (Å²) in [5.41, 5.74) is 4.73.